The molecule has 2 aromatic carbocycles. The van der Waals surface area contributed by atoms with Gasteiger partial charge < -0.3 is 9.90 Å². The Morgan fingerprint density at radius 1 is 0.630 bits per heavy atom. The second kappa shape index (κ2) is 17.1. The van der Waals surface area contributed by atoms with E-state index in [9.17, 15) is 31.2 Å². The van der Waals surface area contributed by atoms with Gasteiger partial charge in [-0.15, -0.1) is 0 Å². The summed E-state index contributed by atoms with van der Waals surface area (Å²) in [6.45, 7) is 0.00758. The van der Waals surface area contributed by atoms with Crippen LogP contribution < -0.4 is 11.1 Å². The molecule has 16 nitrogen and oxygen atoms in total. The van der Waals surface area contributed by atoms with Gasteiger partial charge in [0, 0.05) is 85.2 Å². The van der Waals surface area contributed by atoms with Crippen molar-refractivity contribution in [3.63, 3.8) is 0 Å². The van der Waals surface area contributed by atoms with Gasteiger partial charge in [0.05, 0.1) is 21.2 Å². The Morgan fingerprint density at radius 3 is 1.37 bits per heavy atom. The first-order chi connectivity index (χ1) is 25.8. The van der Waals surface area contributed by atoms with E-state index >= 15 is 0 Å². The van der Waals surface area contributed by atoms with E-state index in [4.69, 9.17) is 5.11 Å². The van der Waals surface area contributed by atoms with Gasteiger partial charge in [0.15, 0.2) is 19.7 Å². The van der Waals surface area contributed by atoms with E-state index in [1.54, 1.807) is 36.7 Å². The molecule has 0 amide bonds. The topological polar surface area (TPSA) is 227 Å². The molecule has 0 unspecified atom stereocenters. The molecule has 4 aromatic heterocycles. The molecular formula is C36H34N8O8S2. The van der Waals surface area contributed by atoms with Crippen LogP contribution in [0.2, 0.25) is 0 Å². The minimum Gasteiger partial charge on any atom is -0.396 e. The summed E-state index contributed by atoms with van der Waals surface area (Å²) in [5.74, 6) is 0. The first-order valence-electron chi connectivity index (χ1n) is 16.2. The van der Waals surface area contributed by atoms with Crippen molar-refractivity contribution in [2.24, 2.45) is 0 Å². The predicted molar refractivity (Wildman–Crippen MR) is 198 cm³/mol. The van der Waals surface area contributed by atoms with E-state index in [0.29, 0.717) is 53.2 Å². The van der Waals surface area contributed by atoms with E-state index in [1.165, 1.54) is 70.8 Å². The quantitative estimate of drug-likeness (QED) is 0.176. The highest BCUT2D eigenvalue weighted by Gasteiger charge is 2.16. The first kappa shape index (κ1) is 39.1. The summed E-state index contributed by atoms with van der Waals surface area (Å²) in [5.41, 5.74) is 2.69. The highest BCUT2D eigenvalue weighted by molar-refractivity contribution is 7.91. The first-order valence-corrected chi connectivity index (χ1v) is 20.0. The maximum atomic E-state index is 13.0. The minimum absolute atomic E-state index is 0.00758. The van der Waals surface area contributed by atoms with E-state index in [1.807, 2.05) is 0 Å². The van der Waals surface area contributed by atoms with E-state index in [2.05, 4.69) is 29.9 Å². The zero-order valence-corrected chi connectivity index (χ0v) is 30.7. The average molecular weight is 771 g/mol. The number of hydrogen-bond acceptors (Lipinski definition) is 14. The number of carbonyl (C=O) groups excluding carboxylic acids is 1. The number of aliphatic hydroxyl groups excluding tert-OH is 1. The molecule has 0 aliphatic heterocycles. The Kier molecular flexibility index (Phi) is 12.4. The van der Waals surface area contributed by atoms with Crippen molar-refractivity contribution < 1.29 is 26.7 Å². The summed E-state index contributed by atoms with van der Waals surface area (Å²) in [6.07, 6.45) is 16.5. The molecule has 0 saturated carbocycles. The van der Waals surface area contributed by atoms with Crippen LogP contribution in [0.4, 0.5) is 0 Å². The van der Waals surface area contributed by atoms with Crippen molar-refractivity contribution in [1.82, 2.24) is 39.0 Å². The van der Waals surface area contributed by atoms with Gasteiger partial charge >= 0.3 is 0 Å². The summed E-state index contributed by atoms with van der Waals surface area (Å²) in [5, 5.41) is 9.09. The van der Waals surface area contributed by atoms with Crippen molar-refractivity contribution in [1.29, 1.82) is 0 Å². The normalized spacial score (nSPS) is 11.4. The fraction of sp³-hybridized carbons (Fsp3) is 0.194. The zero-order valence-electron chi connectivity index (χ0n) is 29.0. The standard InChI is InChI=1S/C18H18N4O4S.C18H16N4O4S/c2*1-27(25,26)16-6-4-15(5-7-16)22-11-14(3-2-8-23)21-17(18(22)24)13-9-19-12-20-10-13/h4-7,9-12,23H,2-3,8H2,1H3;4-12H,2-3H2,1H3. The van der Waals surface area contributed by atoms with Crippen LogP contribution in [-0.4, -0.2) is 86.4 Å². The van der Waals surface area contributed by atoms with Crippen LogP contribution >= 0.6 is 0 Å². The van der Waals surface area contributed by atoms with Crippen LogP contribution in [-0.2, 0) is 37.3 Å². The van der Waals surface area contributed by atoms with Gasteiger partial charge in [-0.05, 0) is 67.8 Å². The molecule has 0 radical (unpaired) electrons. The van der Waals surface area contributed by atoms with E-state index in [0.717, 1.165) is 18.8 Å². The Balaban J connectivity index is 0.000000208. The molecule has 0 aliphatic carbocycles. The summed E-state index contributed by atoms with van der Waals surface area (Å²) < 4.78 is 49.3. The molecule has 54 heavy (non-hydrogen) atoms. The molecule has 1 N–H and O–H groups in total. The molecular weight excluding hydrogens is 737 g/mol. The average Bonchev–Trinajstić information content (AvgIpc) is 3.17. The molecule has 0 aliphatic rings. The Hall–Kier alpha value is -6.11. The molecule has 0 atom stereocenters. The van der Waals surface area contributed by atoms with E-state index in [-0.39, 0.29) is 39.8 Å². The van der Waals surface area contributed by atoms with E-state index < -0.39 is 25.2 Å². The largest absolute Gasteiger partial charge is 0.396 e. The molecule has 0 saturated heterocycles. The van der Waals surface area contributed by atoms with Gasteiger partial charge in [-0.3, -0.25) is 18.7 Å². The summed E-state index contributed by atoms with van der Waals surface area (Å²) in [4.78, 5) is 61.4. The van der Waals surface area contributed by atoms with Gasteiger partial charge in [0.2, 0.25) is 0 Å². The van der Waals surface area contributed by atoms with Crippen molar-refractivity contribution in [3.05, 3.63) is 130 Å². The van der Waals surface area contributed by atoms with Crippen molar-refractivity contribution >= 4 is 26.0 Å². The molecule has 6 rings (SSSR count). The third-order valence-electron chi connectivity index (χ3n) is 7.77. The molecule has 0 fully saturated rings. The van der Waals surface area contributed by atoms with Gasteiger partial charge in [0.1, 0.15) is 30.3 Å². The van der Waals surface area contributed by atoms with Crippen LogP contribution in [0.5, 0.6) is 0 Å². The van der Waals surface area contributed by atoms with Crippen LogP contribution in [0.15, 0.2) is 118 Å². The number of benzene rings is 2. The smallest absolute Gasteiger partial charge is 0.281 e. The molecule has 0 bridgehead atoms. The highest BCUT2D eigenvalue weighted by atomic mass is 32.2. The lowest BCUT2D eigenvalue weighted by molar-refractivity contribution is -0.107. The molecule has 0 spiro atoms. The second-order valence-electron chi connectivity index (χ2n) is 11.8. The Bertz CT molecular complexity index is 2580. The van der Waals surface area contributed by atoms with Gasteiger partial charge in [0.25, 0.3) is 11.1 Å². The fourth-order valence-corrected chi connectivity index (χ4v) is 6.36. The number of aliphatic hydroxyl groups is 1. The van der Waals surface area contributed by atoms with Crippen LogP contribution in [0.1, 0.15) is 24.2 Å². The maximum absolute atomic E-state index is 13.0. The zero-order chi connectivity index (χ0) is 38.9. The molecule has 278 valence electrons. The third kappa shape index (κ3) is 9.65. The summed E-state index contributed by atoms with van der Waals surface area (Å²) in [7, 11) is -6.67. The SMILES string of the molecule is CS(=O)(=O)c1ccc(-n2cc(CCC=O)nc(-c3cncnc3)c2=O)cc1.CS(=O)(=O)c1ccc(-n2cc(CCCO)nc(-c3cncnc3)c2=O)cc1. The van der Waals surface area contributed by atoms with Crippen LogP contribution in [0.3, 0.4) is 0 Å². The summed E-state index contributed by atoms with van der Waals surface area (Å²) >= 11 is 0. The highest BCUT2D eigenvalue weighted by Crippen LogP contribution is 2.18. The van der Waals surface area contributed by atoms with Gasteiger partial charge in [-0.25, -0.2) is 46.7 Å². The Morgan fingerprint density at radius 2 is 1.02 bits per heavy atom. The third-order valence-corrected chi connectivity index (χ3v) is 10.0. The number of carbonyl (C=O) groups is 1. The lowest BCUT2D eigenvalue weighted by Crippen LogP contribution is -2.23. The Labute approximate surface area is 309 Å². The molecule has 6 aromatic rings. The number of nitrogens with zero attached hydrogens (tertiary/aromatic N) is 8. The van der Waals surface area contributed by atoms with Crippen LogP contribution in [0.25, 0.3) is 33.9 Å². The number of aromatic nitrogens is 8. The predicted octanol–water partition coefficient (Wildman–Crippen LogP) is 2.24. The number of rotatable bonds is 12. The fourth-order valence-electron chi connectivity index (χ4n) is 5.10. The van der Waals surface area contributed by atoms with Crippen molar-refractivity contribution in [2.75, 3.05) is 19.1 Å². The minimum atomic E-state index is -3.34. The number of hydrogen-bond donors (Lipinski definition) is 1. The maximum Gasteiger partial charge on any atom is 0.281 e. The molecule has 18 heteroatoms. The second-order valence-corrected chi connectivity index (χ2v) is 15.9. The summed E-state index contributed by atoms with van der Waals surface area (Å²) in [6, 6.07) is 12.0. The lowest BCUT2D eigenvalue weighted by atomic mass is 10.2. The van der Waals surface area contributed by atoms with Gasteiger partial charge in [-0.1, -0.05) is 0 Å². The number of aldehydes is 1. The lowest BCUT2D eigenvalue weighted by Gasteiger charge is -2.11. The van der Waals surface area contributed by atoms with Crippen LogP contribution in [0, 0.1) is 0 Å². The molecule has 4 heterocycles. The van der Waals surface area contributed by atoms with Gasteiger partial charge in [-0.2, -0.15) is 0 Å². The monoisotopic (exact) mass is 770 g/mol. The number of sulfone groups is 2. The van der Waals surface area contributed by atoms with Crippen molar-refractivity contribution in [2.45, 2.75) is 35.5 Å². The number of aryl methyl sites for hydroxylation is 2. The van der Waals surface area contributed by atoms with Crippen molar-refractivity contribution in [3.8, 4) is 33.9 Å².